The number of rotatable bonds is 4. The van der Waals surface area contributed by atoms with Crippen LogP contribution < -0.4 is 5.73 Å². The average Bonchev–Trinajstić information content (AvgIpc) is 1.66. The van der Waals surface area contributed by atoms with Crippen molar-refractivity contribution in [1.82, 2.24) is 0 Å². The number of hydrogen-bond acceptors (Lipinski definition) is 2. The zero-order valence-electron chi connectivity index (χ0n) is 5.76. The molecule has 0 spiro atoms. The summed E-state index contributed by atoms with van der Waals surface area (Å²) in [6, 6.07) is 0. The minimum atomic E-state index is -0.738. The predicted octanol–water partition coefficient (Wildman–Crippen LogP) is -0.181. The number of hydrogen-bond donors (Lipinski definition) is 2. The first-order chi connectivity index (χ1) is 3.77. The Balaban J connectivity index is 0. The zero-order valence-corrected chi connectivity index (χ0v) is 7.76. The molecule has 3 N–H and O–H groups in total. The summed E-state index contributed by atoms with van der Waals surface area (Å²) >= 11 is 0. The van der Waals surface area contributed by atoms with Crippen molar-refractivity contribution in [3.8, 4) is 0 Å². The fraction of sp³-hybridized carbons (Fsp3) is 0.800. The van der Waals surface area contributed by atoms with Gasteiger partial charge in [0.15, 0.2) is 0 Å². The molecule has 0 aromatic carbocycles. The molecule has 49 valence electrons. The van der Waals surface area contributed by atoms with Gasteiger partial charge in [0.25, 0.3) is 0 Å². The maximum absolute atomic E-state index is 9.83. The number of nitrogens with two attached hydrogens (primary N) is 1. The van der Waals surface area contributed by atoms with E-state index in [4.69, 9.17) is 10.8 Å². The number of unbranched alkanes of at least 4 members (excludes halogenated alkanes) is 1. The molecule has 0 aliphatic rings. The molecule has 0 saturated heterocycles. The van der Waals surface area contributed by atoms with Crippen LogP contribution in [0.5, 0.6) is 0 Å². The topological polar surface area (TPSA) is 63.3 Å². The van der Waals surface area contributed by atoms with E-state index in [0.29, 0.717) is 13.0 Å². The molecule has 0 aliphatic carbocycles. The van der Waals surface area contributed by atoms with E-state index in [9.17, 15) is 4.79 Å². The molecular formula is C5H11NNaO2. The molecule has 0 heterocycles. The SMILES string of the molecule is NCCCCC(=O)O.[Na]. The van der Waals surface area contributed by atoms with Crippen LogP contribution in [0.25, 0.3) is 0 Å². The van der Waals surface area contributed by atoms with Gasteiger partial charge in [0, 0.05) is 36.0 Å². The average molecular weight is 140 g/mol. The van der Waals surface area contributed by atoms with Crippen LogP contribution in [-0.2, 0) is 4.79 Å². The molecule has 0 aromatic heterocycles. The number of carboxylic acids is 1. The molecule has 0 aliphatic heterocycles. The number of aliphatic carboxylic acids is 1. The number of carbonyl (C=O) groups is 1. The fourth-order valence-corrected chi connectivity index (χ4v) is 0.421. The van der Waals surface area contributed by atoms with Gasteiger partial charge in [0.1, 0.15) is 0 Å². The molecule has 0 rings (SSSR count). The molecule has 1 radical (unpaired) electrons. The van der Waals surface area contributed by atoms with E-state index >= 15 is 0 Å². The second-order valence-corrected chi connectivity index (χ2v) is 1.64. The zero-order chi connectivity index (χ0) is 6.41. The Bertz CT molecular complexity index is 77.4. The van der Waals surface area contributed by atoms with Gasteiger partial charge in [0.05, 0.1) is 0 Å². The monoisotopic (exact) mass is 140 g/mol. The largest absolute Gasteiger partial charge is 0.481 e. The molecular weight excluding hydrogens is 129 g/mol. The molecule has 0 amide bonds. The summed E-state index contributed by atoms with van der Waals surface area (Å²) in [7, 11) is 0. The van der Waals surface area contributed by atoms with Gasteiger partial charge in [-0.2, -0.15) is 0 Å². The van der Waals surface area contributed by atoms with Crippen molar-refractivity contribution in [3.63, 3.8) is 0 Å². The maximum atomic E-state index is 9.83. The van der Waals surface area contributed by atoms with Crippen LogP contribution in [0, 0.1) is 0 Å². The van der Waals surface area contributed by atoms with Crippen molar-refractivity contribution in [2.24, 2.45) is 5.73 Å². The summed E-state index contributed by atoms with van der Waals surface area (Å²) in [6.07, 6.45) is 1.76. The molecule has 0 unspecified atom stereocenters. The van der Waals surface area contributed by atoms with Gasteiger partial charge in [-0.05, 0) is 19.4 Å². The molecule has 0 fully saturated rings. The minimum absolute atomic E-state index is 0. The van der Waals surface area contributed by atoms with E-state index < -0.39 is 5.97 Å². The van der Waals surface area contributed by atoms with E-state index in [1.165, 1.54) is 0 Å². The number of carboxylic acid groups (broad SMARTS) is 1. The maximum Gasteiger partial charge on any atom is 0.303 e. The van der Waals surface area contributed by atoms with Crippen LogP contribution in [0.4, 0.5) is 0 Å². The Kier molecular flexibility index (Phi) is 11.4. The third kappa shape index (κ3) is 11.8. The van der Waals surface area contributed by atoms with Gasteiger partial charge in [-0.15, -0.1) is 0 Å². The first-order valence-electron chi connectivity index (χ1n) is 2.69. The molecule has 4 heteroatoms. The fourth-order valence-electron chi connectivity index (χ4n) is 0.421. The minimum Gasteiger partial charge on any atom is -0.481 e. The van der Waals surface area contributed by atoms with Crippen LogP contribution in [-0.4, -0.2) is 47.2 Å². The van der Waals surface area contributed by atoms with E-state index in [0.717, 1.165) is 6.42 Å². The van der Waals surface area contributed by atoms with Crippen LogP contribution in [0.1, 0.15) is 19.3 Å². The van der Waals surface area contributed by atoms with Gasteiger partial charge in [-0.1, -0.05) is 0 Å². The molecule has 0 saturated carbocycles. The summed E-state index contributed by atoms with van der Waals surface area (Å²) in [5.41, 5.74) is 5.12. The molecule has 0 bridgehead atoms. The van der Waals surface area contributed by atoms with Gasteiger partial charge in [-0.3, -0.25) is 4.79 Å². The van der Waals surface area contributed by atoms with Crippen molar-refractivity contribution in [2.75, 3.05) is 6.54 Å². The first kappa shape index (κ1) is 12.1. The van der Waals surface area contributed by atoms with Crippen LogP contribution in [0.15, 0.2) is 0 Å². The quantitative estimate of drug-likeness (QED) is 0.420. The van der Waals surface area contributed by atoms with Crippen molar-refractivity contribution in [3.05, 3.63) is 0 Å². The summed E-state index contributed by atoms with van der Waals surface area (Å²) in [5, 5.41) is 8.10. The smallest absolute Gasteiger partial charge is 0.303 e. The van der Waals surface area contributed by atoms with Crippen molar-refractivity contribution in [2.45, 2.75) is 19.3 Å². The van der Waals surface area contributed by atoms with Crippen LogP contribution >= 0.6 is 0 Å². The van der Waals surface area contributed by atoms with Crippen molar-refractivity contribution < 1.29 is 9.90 Å². The third-order valence-corrected chi connectivity index (χ3v) is 0.845. The summed E-state index contributed by atoms with van der Waals surface area (Å²) in [6.45, 7) is 0.591. The summed E-state index contributed by atoms with van der Waals surface area (Å²) < 4.78 is 0. The van der Waals surface area contributed by atoms with Crippen molar-refractivity contribution >= 4 is 35.5 Å². The Morgan fingerprint density at radius 1 is 1.44 bits per heavy atom. The van der Waals surface area contributed by atoms with Gasteiger partial charge in [-0.25, -0.2) is 0 Å². The second-order valence-electron chi connectivity index (χ2n) is 1.64. The Morgan fingerprint density at radius 2 is 2.00 bits per heavy atom. The van der Waals surface area contributed by atoms with Gasteiger partial charge >= 0.3 is 5.97 Å². The van der Waals surface area contributed by atoms with Gasteiger partial charge in [0.2, 0.25) is 0 Å². The second kappa shape index (κ2) is 8.43. The molecule has 9 heavy (non-hydrogen) atoms. The Morgan fingerprint density at radius 3 is 2.33 bits per heavy atom. The standard InChI is InChI=1S/C5H11NO2.Na/c6-4-2-1-3-5(7)8;/h1-4,6H2,(H,7,8);. The molecule has 3 nitrogen and oxygen atoms in total. The Hall–Kier alpha value is 0.430. The predicted molar refractivity (Wildman–Crippen MR) is 36.3 cm³/mol. The van der Waals surface area contributed by atoms with E-state index in [1.54, 1.807) is 0 Å². The molecule has 0 aromatic rings. The van der Waals surface area contributed by atoms with E-state index in [-0.39, 0.29) is 36.0 Å². The normalized spacial score (nSPS) is 8.11. The summed E-state index contributed by atoms with van der Waals surface area (Å²) in [4.78, 5) is 9.83. The van der Waals surface area contributed by atoms with Gasteiger partial charge < -0.3 is 10.8 Å². The summed E-state index contributed by atoms with van der Waals surface area (Å²) in [5.74, 6) is -0.738. The first-order valence-corrected chi connectivity index (χ1v) is 2.69. The van der Waals surface area contributed by atoms with Crippen LogP contribution in [0.3, 0.4) is 0 Å². The van der Waals surface area contributed by atoms with E-state index in [1.807, 2.05) is 0 Å². The van der Waals surface area contributed by atoms with Crippen molar-refractivity contribution in [1.29, 1.82) is 0 Å². The van der Waals surface area contributed by atoms with E-state index in [2.05, 4.69) is 0 Å². The third-order valence-electron chi connectivity index (χ3n) is 0.845. The molecule has 0 atom stereocenters. The Labute approximate surface area is 76.9 Å². The van der Waals surface area contributed by atoms with Crippen LogP contribution in [0.2, 0.25) is 0 Å².